The molecule has 2 rings (SSSR count). The summed E-state index contributed by atoms with van der Waals surface area (Å²) in [7, 11) is 0. The molecule has 12 atom stereocenters. The molecule has 12 unspecified atom stereocenters. The van der Waals surface area contributed by atoms with Gasteiger partial charge in [0.25, 0.3) is 0 Å². The summed E-state index contributed by atoms with van der Waals surface area (Å²) in [5.74, 6) is -0.212. The lowest BCUT2D eigenvalue weighted by atomic mass is 9.97. The second-order valence-electron chi connectivity index (χ2n) is 16.2. The Hall–Kier alpha value is -1.01. The third-order valence-corrected chi connectivity index (χ3v) is 11.3. The summed E-state index contributed by atoms with van der Waals surface area (Å²) in [5.41, 5.74) is 0. The molecule has 14 heteroatoms. The van der Waals surface area contributed by atoms with Crippen LogP contribution in [0.4, 0.5) is 0 Å². The number of amides is 1. The fourth-order valence-electron chi connectivity index (χ4n) is 7.59. The fourth-order valence-corrected chi connectivity index (χ4v) is 7.59. The molecule has 0 aromatic carbocycles. The number of carbonyl (C=O) groups excluding carboxylic acids is 1. The summed E-state index contributed by atoms with van der Waals surface area (Å²) >= 11 is 0. The molecule has 9 N–H and O–H groups in total. The number of ether oxygens (including phenoxy) is 4. The highest BCUT2D eigenvalue weighted by Gasteiger charge is 2.51. The van der Waals surface area contributed by atoms with E-state index in [4.69, 9.17) is 18.9 Å². The van der Waals surface area contributed by atoms with Crippen molar-refractivity contribution in [2.45, 2.75) is 242 Å². The average Bonchev–Trinajstić information content (AvgIpc) is 3.19. The van der Waals surface area contributed by atoms with Crippen LogP contribution in [-0.4, -0.2) is 140 Å². The molecule has 0 aromatic rings. The number of unbranched alkanes of at least 4 members (excludes halogenated alkanes) is 20. The van der Waals surface area contributed by atoms with Gasteiger partial charge in [0.15, 0.2) is 12.6 Å². The molecule has 1 amide bonds. The van der Waals surface area contributed by atoms with Crippen LogP contribution in [0.2, 0.25) is 0 Å². The minimum Gasteiger partial charge on any atom is -0.394 e. The van der Waals surface area contributed by atoms with Gasteiger partial charge in [-0.2, -0.15) is 0 Å². The molecule has 0 saturated carbocycles. The largest absolute Gasteiger partial charge is 0.394 e. The lowest BCUT2D eigenvalue weighted by Crippen LogP contribution is -2.65. The highest BCUT2D eigenvalue weighted by Crippen LogP contribution is 2.30. The number of aliphatic hydroxyl groups is 8. The summed E-state index contributed by atoms with van der Waals surface area (Å²) in [6.07, 6.45) is 10.3. The van der Waals surface area contributed by atoms with E-state index in [9.17, 15) is 45.6 Å². The van der Waals surface area contributed by atoms with Crippen molar-refractivity contribution < 1.29 is 64.6 Å². The van der Waals surface area contributed by atoms with Crippen molar-refractivity contribution in [2.24, 2.45) is 0 Å². The van der Waals surface area contributed by atoms with Crippen molar-refractivity contribution in [3.63, 3.8) is 0 Å². The second kappa shape index (κ2) is 30.9. The maximum Gasteiger partial charge on any atom is 0.220 e. The van der Waals surface area contributed by atoms with Crippen molar-refractivity contribution in [2.75, 3.05) is 19.8 Å². The highest BCUT2D eigenvalue weighted by atomic mass is 16.7. The quantitative estimate of drug-likeness (QED) is 0.0430. The van der Waals surface area contributed by atoms with Crippen LogP contribution >= 0.6 is 0 Å². The summed E-state index contributed by atoms with van der Waals surface area (Å²) in [6, 6.07) is -0.817. The zero-order valence-corrected chi connectivity index (χ0v) is 34.6. The molecule has 2 fully saturated rings. The topological polar surface area (TPSA) is 228 Å². The first-order chi connectivity index (χ1) is 27.1. The van der Waals surface area contributed by atoms with Crippen LogP contribution in [0.15, 0.2) is 0 Å². The molecule has 0 spiro atoms. The zero-order chi connectivity index (χ0) is 41.1. The third kappa shape index (κ3) is 19.4. The maximum absolute atomic E-state index is 13.0. The predicted molar refractivity (Wildman–Crippen MR) is 212 cm³/mol. The van der Waals surface area contributed by atoms with Crippen molar-refractivity contribution in [1.29, 1.82) is 0 Å². The van der Waals surface area contributed by atoms with E-state index in [0.29, 0.717) is 12.8 Å². The Balaban J connectivity index is 1.78. The summed E-state index contributed by atoms with van der Waals surface area (Å²) in [4.78, 5) is 13.0. The van der Waals surface area contributed by atoms with Gasteiger partial charge in [0.1, 0.15) is 48.8 Å². The number of nitrogens with one attached hydrogen (secondary N) is 1. The van der Waals surface area contributed by atoms with Gasteiger partial charge in [0.2, 0.25) is 5.91 Å². The molecule has 56 heavy (non-hydrogen) atoms. The first-order valence-corrected chi connectivity index (χ1v) is 22.3. The minimum absolute atomic E-state index is 0.212. The molecular weight excluding hydrogens is 726 g/mol. The number of carbonyl (C=O) groups is 1. The van der Waals surface area contributed by atoms with Gasteiger partial charge in [-0.05, 0) is 12.8 Å². The Morgan fingerprint density at radius 1 is 0.571 bits per heavy atom. The third-order valence-electron chi connectivity index (χ3n) is 11.3. The second-order valence-corrected chi connectivity index (χ2v) is 16.2. The normalized spacial score (nSPS) is 29.3. The van der Waals surface area contributed by atoms with E-state index in [-0.39, 0.29) is 12.5 Å². The van der Waals surface area contributed by atoms with Gasteiger partial charge >= 0.3 is 0 Å². The van der Waals surface area contributed by atoms with Crippen LogP contribution in [0, 0.1) is 0 Å². The van der Waals surface area contributed by atoms with E-state index in [1.807, 2.05) is 0 Å². The van der Waals surface area contributed by atoms with E-state index >= 15 is 0 Å². The standard InChI is InChI=1S/C42H81NO13/c1-3-5-7-9-10-11-12-13-14-15-16-17-18-19-20-22-24-26-34(47)43-30(31(46)25-23-21-8-6-4-2)29-53-41-39(52)37(50)40(33(28-45)55-41)56-42-38(51)36(49)35(48)32(27-44)54-42/h30-33,35-42,44-46,48-52H,3-29H2,1-2H3,(H,43,47). The first-order valence-electron chi connectivity index (χ1n) is 22.3. The Morgan fingerprint density at radius 3 is 1.52 bits per heavy atom. The average molecular weight is 808 g/mol. The van der Waals surface area contributed by atoms with E-state index in [2.05, 4.69) is 19.2 Å². The Morgan fingerprint density at radius 2 is 1.02 bits per heavy atom. The Kier molecular flexibility index (Phi) is 28.3. The van der Waals surface area contributed by atoms with Gasteiger partial charge in [0.05, 0.1) is 32.0 Å². The van der Waals surface area contributed by atoms with Crippen molar-refractivity contribution in [3.8, 4) is 0 Å². The van der Waals surface area contributed by atoms with Crippen LogP contribution in [0.5, 0.6) is 0 Å². The van der Waals surface area contributed by atoms with Gasteiger partial charge in [0, 0.05) is 6.42 Å². The van der Waals surface area contributed by atoms with Crippen molar-refractivity contribution >= 4 is 5.91 Å². The van der Waals surface area contributed by atoms with Crippen LogP contribution in [0.3, 0.4) is 0 Å². The minimum atomic E-state index is -1.78. The summed E-state index contributed by atoms with van der Waals surface area (Å²) in [5, 5.41) is 86.1. The molecule has 332 valence electrons. The predicted octanol–water partition coefficient (Wildman–Crippen LogP) is 3.88. The van der Waals surface area contributed by atoms with Gasteiger partial charge in [-0.25, -0.2) is 0 Å². The lowest BCUT2D eigenvalue weighted by Gasteiger charge is -2.46. The number of aliphatic hydroxyl groups excluding tert-OH is 8. The zero-order valence-electron chi connectivity index (χ0n) is 34.6. The molecule has 0 bridgehead atoms. The molecule has 2 aliphatic rings. The molecule has 2 saturated heterocycles. The molecule has 0 aliphatic carbocycles. The van der Waals surface area contributed by atoms with E-state index in [0.717, 1.165) is 57.8 Å². The van der Waals surface area contributed by atoms with Crippen LogP contribution in [-0.2, 0) is 23.7 Å². The monoisotopic (exact) mass is 808 g/mol. The molecule has 0 aromatic heterocycles. The van der Waals surface area contributed by atoms with E-state index in [1.54, 1.807) is 0 Å². The fraction of sp³-hybridized carbons (Fsp3) is 0.976. The van der Waals surface area contributed by atoms with Gasteiger partial charge in [-0.15, -0.1) is 0 Å². The van der Waals surface area contributed by atoms with Crippen LogP contribution in [0.1, 0.15) is 168 Å². The van der Waals surface area contributed by atoms with Crippen LogP contribution < -0.4 is 5.32 Å². The van der Waals surface area contributed by atoms with E-state index in [1.165, 1.54) is 83.5 Å². The Labute approximate surface area is 336 Å². The SMILES string of the molecule is CCCCCCCCCCCCCCCCCCCC(=O)NC(COC1OC(CO)C(OC2OC(CO)C(O)C(O)C2O)C(O)C1O)C(O)CCCCCCC. The highest BCUT2D eigenvalue weighted by molar-refractivity contribution is 5.76. The number of hydrogen-bond donors (Lipinski definition) is 9. The molecule has 2 aliphatic heterocycles. The Bertz CT molecular complexity index is 962. The number of rotatable bonds is 33. The van der Waals surface area contributed by atoms with Gasteiger partial charge in [-0.3, -0.25) is 4.79 Å². The molecule has 14 nitrogen and oxygen atoms in total. The smallest absolute Gasteiger partial charge is 0.220 e. The van der Waals surface area contributed by atoms with E-state index < -0.39 is 86.8 Å². The van der Waals surface area contributed by atoms with Gasteiger partial charge < -0.3 is 65.1 Å². The summed E-state index contributed by atoms with van der Waals surface area (Å²) in [6.45, 7) is 2.74. The first kappa shape index (κ1) is 51.1. The summed E-state index contributed by atoms with van der Waals surface area (Å²) < 4.78 is 22.6. The van der Waals surface area contributed by atoms with Crippen molar-refractivity contribution in [3.05, 3.63) is 0 Å². The number of hydrogen-bond acceptors (Lipinski definition) is 13. The molecule has 0 radical (unpaired) electrons. The maximum atomic E-state index is 13.0. The van der Waals surface area contributed by atoms with Gasteiger partial charge in [-0.1, -0.05) is 149 Å². The molecular formula is C42H81NO13. The molecule has 2 heterocycles. The lowest BCUT2D eigenvalue weighted by molar-refractivity contribution is -0.359. The van der Waals surface area contributed by atoms with Crippen molar-refractivity contribution in [1.82, 2.24) is 5.32 Å². The van der Waals surface area contributed by atoms with Crippen LogP contribution in [0.25, 0.3) is 0 Å².